The van der Waals surface area contributed by atoms with Crippen molar-refractivity contribution in [1.82, 2.24) is 4.90 Å². The molecule has 0 spiro atoms. The van der Waals surface area contributed by atoms with Crippen LogP contribution in [0.2, 0.25) is 0 Å². The van der Waals surface area contributed by atoms with E-state index >= 15 is 4.57 Å². The van der Waals surface area contributed by atoms with Gasteiger partial charge in [0.25, 0.3) is 7.44 Å². The van der Waals surface area contributed by atoms with Crippen LogP contribution in [0.25, 0.3) is 0 Å². The number of benzene rings is 2. The molecule has 0 aliphatic carbocycles. The Labute approximate surface area is 187 Å². The van der Waals surface area contributed by atoms with Crippen LogP contribution in [0.4, 0.5) is 11.4 Å². The Kier molecular flexibility index (Phi) is 5.92. The molecule has 3 heterocycles. The third kappa shape index (κ3) is 3.60. The maximum atomic E-state index is 15.4. The SMILES string of the molecule is O=P1(C(c2cccs2)N2CCSCC2)N(c2ccccc2)CCN1c1ccccc1. The average Bonchev–Trinajstić information content (AvgIpc) is 3.44. The fourth-order valence-electron chi connectivity index (χ4n) is 4.48. The molecule has 156 valence electrons. The van der Waals surface area contributed by atoms with Gasteiger partial charge in [-0.2, -0.15) is 11.8 Å². The Morgan fingerprint density at radius 1 is 0.733 bits per heavy atom. The number of hydrogen-bond acceptors (Lipinski definition) is 4. The molecular formula is C23H26N3OPS2. The van der Waals surface area contributed by atoms with E-state index in [-0.39, 0.29) is 5.78 Å². The summed E-state index contributed by atoms with van der Waals surface area (Å²) in [6.07, 6.45) is 0. The van der Waals surface area contributed by atoms with E-state index in [1.165, 1.54) is 4.88 Å². The van der Waals surface area contributed by atoms with Gasteiger partial charge in [-0.15, -0.1) is 11.3 Å². The van der Waals surface area contributed by atoms with Gasteiger partial charge in [0.15, 0.2) is 0 Å². The van der Waals surface area contributed by atoms with Crippen LogP contribution in [0.5, 0.6) is 0 Å². The highest BCUT2D eigenvalue weighted by molar-refractivity contribution is 7.99. The van der Waals surface area contributed by atoms with Gasteiger partial charge in [0.2, 0.25) is 0 Å². The van der Waals surface area contributed by atoms with Crippen LogP contribution in [0.15, 0.2) is 78.2 Å². The van der Waals surface area contributed by atoms with Gasteiger partial charge in [-0.3, -0.25) is 9.46 Å². The molecule has 0 bridgehead atoms. The van der Waals surface area contributed by atoms with Crippen molar-refractivity contribution >= 4 is 41.9 Å². The zero-order valence-electron chi connectivity index (χ0n) is 16.8. The standard InChI is InChI=1S/C23H26N3OPS2/c27-28(23(22-12-7-17-30-22)24-15-18-29-19-16-24)25(20-8-3-1-4-9-20)13-14-26(28)21-10-5-2-6-11-21/h1-12,17,23H,13-16,18-19H2. The summed E-state index contributed by atoms with van der Waals surface area (Å²) in [6.45, 7) is 3.48. The molecule has 2 fully saturated rings. The second kappa shape index (κ2) is 8.80. The van der Waals surface area contributed by atoms with E-state index in [0.29, 0.717) is 0 Å². The molecule has 4 nitrogen and oxygen atoms in total. The first kappa shape index (κ1) is 20.2. The predicted molar refractivity (Wildman–Crippen MR) is 131 cm³/mol. The average molecular weight is 456 g/mol. The Morgan fingerprint density at radius 2 is 1.30 bits per heavy atom. The van der Waals surface area contributed by atoms with E-state index in [4.69, 9.17) is 0 Å². The fraction of sp³-hybridized carbons (Fsp3) is 0.304. The van der Waals surface area contributed by atoms with Crippen molar-refractivity contribution in [3.8, 4) is 0 Å². The quantitative estimate of drug-likeness (QED) is 0.439. The molecule has 0 saturated carbocycles. The van der Waals surface area contributed by atoms with Crippen LogP contribution in [-0.2, 0) is 4.57 Å². The summed E-state index contributed by atoms with van der Waals surface area (Å²) in [6, 6.07) is 24.9. The van der Waals surface area contributed by atoms with Crippen LogP contribution in [0.1, 0.15) is 10.7 Å². The van der Waals surface area contributed by atoms with E-state index in [9.17, 15) is 0 Å². The van der Waals surface area contributed by atoms with Gasteiger partial charge in [0, 0.05) is 53.9 Å². The van der Waals surface area contributed by atoms with Crippen LogP contribution in [0.3, 0.4) is 0 Å². The maximum absolute atomic E-state index is 15.4. The first-order chi connectivity index (χ1) is 14.8. The van der Waals surface area contributed by atoms with E-state index < -0.39 is 7.44 Å². The highest BCUT2D eigenvalue weighted by Crippen LogP contribution is 2.70. The minimum atomic E-state index is -3.01. The molecule has 0 radical (unpaired) electrons. The number of thioether (sulfide) groups is 1. The molecule has 0 N–H and O–H groups in total. The fourth-order valence-corrected chi connectivity index (χ4v) is 10.3. The number of anilines is 2. The molecular weight excluding hydrogens is 429 g/mol. The van der Waals surface area contributed by atoms with E-state index in [1.54, 1.807) is 11.3 Å². The largest absolute Gasteiger partial charge is 0.304 e. The smallest absolute Gasteiger partial charge is 0.285 e. The van der Waals surface area contributed by atoms with Crippen molar-refractivity contribution in [3.05, 3.63) is 83.1 Å². The van der Waals surface area contributed by atoms with Gasteiger partial charge < -0.3 is 9.34 Å². The molecule has 2 aromatic carbocycles. The van der Waals surface area contributed by atoms with Gasteiger partial charge in [0.1, 0.15) is 5.78 Å². The van der Waals surface area contributed by atoms with E-state index in [2.05, 4.69) is 56.0 Å². The van der Waals surface area contributed by atoms with Crippen molar-refractivity contribution in [1.29, 1.82) is 0 Å². The monoisotopic (exact) mass is 455 g/mol. The minimum Gasteiger partial charge on any atom is -0.304 e. The number of nitrogens with zero attached hydrogens (tertiary/aromatic N) is 3. The third-order valence-electron chi connectivity index (χ3n) is 5.83. The summed E-state index contributed by atoms with van der Waals surface area (Å²) in [7, 11) is -3.01. The molecule has 3 aromatic rings. The highest BCUT2D eigenvalue weighted by atomic mass is 32.2. The molecule has 1 atom stereocenters. The van der Waals surface area contributed by atoms with Crippen LogP contribution in [0, 0.1) is 0 Å². The first-order valence-electron chi connectivity index (χ1n) is 10.4. The zero-order chi connectivity index (χ0) is 20.4. The number of para-hydroxylation sites is 2. The van der Waals surface area contributed by atoms with Crippen molar-refractivity contribution in [2.45, 2.75) is 5.78 Å². The van der Waals surface area contributed by atoms with Crippen LogP contribution in [-0.4, -0.2) is 42.6 Å². The summed E-state index contributed by atoms with van der Waals surface area (Å²) in [4.78, 5) is 3.68. The van der Waals surface area contributed by atoms with Gasteiger partial charge in [-0.1, -0.05) is 42.5 Å². The molecule has 2 saturated heterocycles. The lowest BCUT2D eigenvalue weighted by atomic mass is 10.3. The zero-order valence-corrected chi connectivity index (χ0v) is 19.4. The summed E-state index contributed by atoms with van der Waals surface area (Å²) in [5, 5.41) is 2.11. The van der Waals surface area contributed by atoms with E-state index in [0.717, 1.165) is 49.1 Å². The summed E-state index contributed by atoms with van der Waals surface area (Å²) in [5.41, 5.74) is 2.10. The lowest BCUT2D eigenvalue weighted by Crippen LogP contribution is -2.39. The van der Waals surface area contributed by atoms with Crippen molar-refractivity contribution < 1.29 is 4.57 Å². The molecule has 7 heteroatoms. The molecule has 1 unspecified atom stereocenters. The summed E-state index contributed by atoms with van der Waals surface area (Å²) >= 11 is 3.72. The number of rotatable bonds is 5. The Morgan fingerprint density at radius 3 is 1.80 bits per heavy atom. The maximum Gasteiger partial charge on any atom is 0.285 e. The van der Waals surface area contributed by atoms with Crippen molar-refractivity contribution in [2.24, 2.45) is 0 Å². The van der Waals surface area contributed by atoms with Gasteiger partial charge in [-0.25, -0.2) is 0 Å². The van der Waals surface area contributed by atoms with Gasteiger partial charge in [0.05, 0.1) is 0 Å². The summed E-state index contributed by atoms with van der Waals surface area (Å²) < 4.78 is 19.8. The van der Waals surface area contributed by atoms with Crippen LogP contribution < -0.4 is 9.34 Å². The molecule has 30 heavy (non-hydrogen) atoms. The van der Waals surface area contributed by atoms with Crippen molar-refractivity contribution in [2.75, 3.05) is 47.0 Å². The van der Waals surface area contributed by atoms with E-state index in [1.807, 2.05) is 48.2 Å². The molecule has 1 aromatic heterocycles. The Balaban J connectivity index is 1.66. The number of hydrogen-bond donors (Lipinski definition) is 0. The third-order valence-corrected chi connectivity index (χ3v) is 11.4. The minimum absolute atomic E-state index is 0.124. The predicted octanol–water partition coefficient (Wildman–Crippen LogP) is 6.02. The Hall–Kier alpha value is -1.72. The lowest BCUT2D eigenvalue weighted by molar-refractivity contribution is 0.276. The lowest BCUT2D eigenvalue weighted by Gasteiger charge is -2.43. The topological polar surface area (TPSA) is 26.8 Å². The van der Waals surface area contributed by atoms with Crippen molar-refractivity contribution in [3.63, 3.8) is 0 Å². The van der Waals surface area contributed by atoms with Crippen LogP contribution >= 0.6 is 30.5 Å². The molecule has 0 amide bonds. The first-order valence-corrected chi connectivity index (χ1v) is 14.1. The Bertz CT molecular complexity index is 942. The van der Waals surface area contributed by atoms with Gasteiger partial charge >= 0.3 is 0 Å². The second-order valence-electron chi connectivity index (χ2n) is 7.54. The summed E-state index contributed by atoms with van der Waals surface area (Å²) in [5.74, 6) is 2.07. The molecule has 5 rings (SSSR count). The molecule has 2 aliphatic rings. The normalized spacial score (nSPS) is 20.4. The van der Waals surface area contributed by atoms with Gasteiger partial charge in [-0.05, 0) is 35.7 Å². The second-order valence-corrected chi connectivity index (χ2v) is 12.4. The molecule has 2 aliphatic heterocycles. The number of thiophene rings is 1. The highest BCUT2D eigenvalue weighted by Gasteiger charge is 2.52.